The standard InChI is InChI=1S/C13H14BF2NO5/c1-3-21-13(19)10-11(16)8(15)4-7-5-9(17-6(2)18)14(20)22-12(7)10/h4,9,20H,3,5H2,1-2H3,(H,17,18)/t9-/m0/s1. The van der Waals surface area contributed by atoms with Crippen LogP contribution in [-0.2, 0) is 16.0 Å². The highest BCUT2D eigenvalue weighted by Crippen LogP contribution is 2.34. The van der Waals surface area contributed by atoms with Gasteiger partial charge in [0.1, 0.15) is 11.3 Å². The van der Waals surface area contributed by atoms with Crippen LogP contribution in [0.25, 0.3) is 0 Å². The first-order chi connectivity index (χ1) is 10.3. The number of carbonyl (C=O) groups excluding carboxylic acids is 2. The fourth-order valence-corrected chi connectivity index (χ4v) is 2.26. The maximum Gasteiger partial charge on any atom is 0.547 e. The first kappa shape index (κ1) is 16.2. The molecule has 2 N–H and O–H groups in total. The van der Waals surface area contributed by atoms with Crippen molar-refractivity contribution in [2.24, 2.45) is 0 Å². The fraction of sp³-hybridized carbons (Fsp3) is 0.385. The van der Waals surface area contributed by atoms with Gasteiger partial charge in [-0.15, -0.1) is 0 Å². The number of halogens is 2. The van der Waals surface area contributed by atoms with Crippen LogP contribution >= 0.6 is 0 Å². The highest BCUT2D eigenvalue weighted by molar-refractivity contribution is 6.47. The number of amides is 1. The average Bonchev–Trinajstić information content (AvgIpc) is 2.42. The van der Waals surface area contributed by atoms with E-state index in [0.717, 1.165) is 6.07 Å². The Balaban J connectivity index is 2.46. The SMILES string of the molecule is CCOC(=O)c1c(F)c(F)cc2c1OB(O)[C@@H](NC(C)=O)C2. The summed E-state index contributed by atoms with van der Waals surface area (Å²) in [4.78, 5) is 22.9. The van der Waals surface area contributed by atoms with Crippen molar-refractivity contribution in [2.45, 2.75) is 26.2 Å². The first-order valence-corrected chi connectivity index (χ1v) is 6.65. The molecule has 0 bridgehead atoms. The molecule has 1 heterocycles. The number of rotatable bonds is 3. The van der Waals surface area contributed by atoms with E-state index in [1.807, 2.05) is 0 Å². The maximum atomic E-state index is 13.9. The van der Waals surface area contributed by atoms with E-state index in [2.05, 4.69) is 10.1 Å². The summed E-state index contributed by atoms with van der Waals surface area (Å²) in [6.07, 6.45) is -0.0142. The third-order valence-corrected chi connectivity index (χ3v) is 3.14. The molecule has 0 spiro atoms. The van der Waals surface area contributed by atoms with Crippen molar-refractivity contribution in [1.29, 1.82) is 0 Å². The lowest BCUT2D eigenvalue weighted by Gasteiger charge is -2.29. The predicted molar refractivity (Wildman–Crippen MR) is 72.2 cm³/mol. The van der Waals surface area contributed by atoms with E-state index in [0.29, 0.717) is 0 Å². The molecule has 6 nitrogen and oxygen atoms in total. The molecule has 0 radical (unpaired) electrons. The summed E-state index contributed by atoms with van der Waals surface area (Å²) >= 11 is 0. The van der Waals surface area contributed by atoms with Crippen molar-refractivity contribution in [1.82, 2.24) is 5.32 Å². The Kier molecular flexibility index (Phi) is 4.65. The molecule has 9 heteroatoms. The van der Waals surface area contributed by atoms with Crippen molar-refractivity contribution in [3.05, 3.63) is 28.8 Å². The van der Waals surface area contributed by atoms with Crippen molar-refractivity contribution in [3.63, 3.8) is 0 Å². The van der Waals surface area contributed by atoms with Crippen LogP contribution in [0, 0.1) is 11.6 Å². The number of nitrogens with one attached hydrogen (secondary N) is 1. The van der Waals surface area contributed by atoms with Crippen LogP contribution in [0.3, 0.4) is 0 Å². The van der Waals surface area contributed by atoms with Crippen molar-refractivity contribution >= 4 is 19.0 Å². The number of fused-ring (bicyclic) bond motifs is 1. The highest BCUT2D eigenvalue weighted by atomic mass is 19.2. The summed E-state index contributed by atoms with van der Waals surface area (Å²) < 4.78 is 37.3. The third kappa shape index (κ3) is 3.04. The van der Waals surface area contributed by atoms with Gasteiger partial charge in [0.2, 0.25) is 5.91 Å². The minimum Gasteiger partial charge on any atom is -0.534 e. The van der Waals surface area contributed by atoms with Crippen LogP contribution < -0.4 is 9.97 Å². The molecule has 1 aliphatic rings. The summed E-state index contributed by atoms with van der Waals surface area (Å²) in [5.41, 5.74) is -0.539. The number of hydrogen-bond acceptors (Lipinski definition) is 5. The predicted octanol–water partition coefficient (Wildman–Crippen LogP) is 0.601. The molecule has 22 heavy (non-hydrogen) atoms. The van der Waals surface area contributed by atoms with Gasteiger partial charge in [-0.2, -0.15) is 0 Å². The number of ether oxygens (including phenoxy) is 1. The lowest BCUT2D eigenvalue weighted by atomic mass is 9.72. The Bertz CT molecular complexity index is 625. The monoisotopic (exact) mass is 313 g/mol. The lowest BCUT2D eigenvalue weighted by Crippen LogP contribution is -2.52. The van der Waals surface area contributed by atoms with Gasteiger partial charge < -0.3 is 19.7 Å². The van der Waals surface area contributed by atoms with Gasteiger partial charge >= 0.3 is 13.1 Å². The van der Waals surface area contributed by atoms with Gasteiger partial charge in [-0.3, -0.25) is 4.79 Å². The van der Waals surface area contributed by atoms with E-state index in [9.17, 15) is 23.4 Å². The van der Waals surface area contributed by atoms with E-state index in [1.54, 1.807) is 0 Å². The molecule has 1 aliphatic heterocycles. The van der Waals surface area contributed by atoms with Crippen LogP contribution in [0.4, 0.5) is 8.78 Å². The van der Waals surface area contributed by atoms with Crippen molar-refractivity contribution in [3.8, 4) is 5.75 Å². The van der Waals surface area contributed by atoms with Gasteiger partial charge in [-0.1, -0.05) is 0 Å². The summed E-state index contributed by atoms with van der Waals surface area (Å²) in [5, 5.41) is 12.3. The topological polar surface area (TPSA) is 84.9 Å². The molecule has 1 aromatic rings. The molecule has 1 aromatic carbocycles. The molecule has 118 valence electrons. The number of esters is 1. The van der Waals surface area contributed by atoms with Crippen molar-refractivity contribution < 1.29 is 32.8 Å². The summed E-state index contributed by atoms with van der Waals surface area (Å²) in [6, 6.07) is 0.869. The summed E-state index contributed by atoms with van der Waals surface area (Å²) in [6.45, 7) is 2.74. The van der Waals surface area contributed by atoms with Gasteiger partial charge in [0.25, 0.3) is 0 Å². The minimum absolute atomic E-state index is 0.0142. The van der Waals surface area contributed by atoms with Crippen LogP contribution in [0.1, 0.15) is 29.8 Å². The van der Waals surface area contributed by atoms with Crippen LogP contribution in [0.2, 0.25) is 0 Å². The van der Waals surface area contributed by atoms with E-state index >= 15 is 0 Å². The Morgan fingerprint density at radius 3 is 2.82 bits per heavy atom. The molecule has 0 fully saturated rings. The van der Waals surface area contributed by atoms with E-state index in [1.165, 1.54) is 13.8 Å². The van der Waals surface area contributed by atoms with E-state index in [4.69, 9.17) is 4.65 Å². The second kappa shape index (κ2) is 6.31. The van der Waals surface area contributed by atoms with Crippen molar-refractivity contribution in [2.75, 3.05) is 6.61 Å². The third-order valence-electron chi connectivity index (χ3n) is 3.14. The van der Waals surface area contributed by atoms with Gasteiger partial charge in [-0.25, -0.2) is 13.6 Å². The molecule has 0 aromatic heterocycles. The fourth-order valence-electron chi connectivity index (χ4n) is 2.26. The maximum absolute atomic E-state index is 13.9. The van der Waals surface area contributed by atoms with Gasteiger partial charge in [-0.05, 0) is 25.0 Å². The Morgan fingerprint density at radius 1 is 1.55 bits per heavy atom. The van der Waals surface area contributed by atoms with Gasteiger partial charge in [0.15, 0.2) is 11.6 Å². The average molecular weight is 313 g/mol. The largest absolute Gasteiger partial charge is 0.547 e. The highest BCUT2D eigenvalue weighted by Gasteiger charge is 2.39. The quantitative estimate of drug-likeness (QED) is 0.630. The van der Waals surface area contributed by atoms with Gasteiger partial charge in [0, 0.05) is 6.92 Å². The molecule has 0 unspecified atom stereocenters. The molecule has 1 amide bonds. The lowest BCUT2D eigenvalue weighted by molar-refractivity contribution is -0.119. The van der Waals surface area contributed by atoms with Gasteiger partial charge in [0.05, 0.1) is 12.5 Å². The number of benzene rings is 1. The first-order valence-electron chi connectivity index (χ1n) is 6.65. The van der Waals surface area contributed by atoms with Crippen LogP contribution in [-0.4, -0.2) is 36.6 Å². The molecule has 2 rings (SSSR count). The zero-order valence-corrected chi connectivity index (χ0v) is 12.0. The Hall–Kier alpha value is -2.16. The van der Waals surface area contributed by atoms with E-state index < -0.39 is 42.1 Å². The normalized spacial score (nSPS) is 16.6. The molecular formula is C13H14BF2NO5. The number of hydrogen-bond donors (Lipinski definition) is 2. The molecule has 0 saturated heterocycles. The second-order valence-corrected chi connectivity index (χ2v) is 4.78. The van der Waals surface area contributed by atoms with Crippen LogP contribution in [0.15, 0.2) is 6.07 Å². The summed E-state index contributed by atoms with van der Waals surface area (Å²) in [5.74, 6) is -5.23. The minimum atomic E-state index is -1.49. The zero-order chi connectivity index (χ0) is 16.4. The Labute approximate surface area is 125 Å². The number of carbonyl (C=O) groups is 2. The molecule has 1 atom stereocenters. The second-order valence-electron chi connectivity index (χ2n) is 4.78. The van der Waals surface area contributed by atoms with Crippen LogP contribution in [0.5, 0.6) is 5.75 Å². The smallest absolute Gasteiger partial charge is 0.534 e. The zero-order valence-electron chi connectivity index (χ0n) is 12.0. The summed E-state index contributed by atoms with van der Waals surface area (Å²) in [7, 11) is -1.49. The Morgan fingerprint density at radius 2 is 2.23 bits per heavy atom. The van der Waals surface area contributed by atoms with E-state index in [-0.39, 0.29) is 24.3 Å². The molecule has 0 aliphatic carbocycles. The molecular weight excluding hydrogens is 299 g/mol. The molecule has 0 saturated carbocycles.